The van der Waals surface area contributed by atoms with E-state index in [0.29, 0.717) is 19.3 Å². The fourth-order valence-electron chi connectivity index (χ4n) is 3.96. The second kappa shape index (κ2) is 5.27. The Morgan fingerprint density at radius 2 is 1.68 bits per heavy atom. The van der Waals surface area contributed by atoms with Crippen LogP contribution in [0.5, 0.6) is 0 Å². The minimum Gasteiger partial charge on any atom is -0.448 e. The number of rotatable bonds is 4. The molecule has 2 bridgehead atoms. The van der Waals surface area contributed by atoms with E-state index in [9.17, 15) is 15.8 Å². The zero-order valence-electron chi connectivity index (χ0n) is 13.1. The van der Waals surface area contributed by atoms with Gasteiger partial charge in [0, 0.05) is 6.92 Å². The molecule has 0 amide bonds. The molecule has 0 radical (unpaired) electrons. The van der Waals surface area contributed by atoms with Gasteiger partial charge in [0.2, 0.25) is 11.7 Å². The summed E-state index contributed by atoms with van der Waals surface area (Å²) in [5.41, 5.74) is -3.29. The van der Waals surface area contributed by atoms with Gasteiger partial charge in [-0.25, -0.2) is 0 Å². The van der Waals surface area contributed by atoms with Gasteiger partial charge >= 0.3 is 0 Å². The maximum atomic E-state index is 9.91. The molecule has 0 aromatic heterocycles. The van der Waals surface area contributed by atoms with Gasteiger partial charge in [-0.2, -0.15) is 15.8 Å². The predicted molar refractivity (Wildman–Crippen MR) is 77.1 cm³/mol. The molecule has 0 aromatic rings. The van der Waals surface area contributed by atoms with Gasteiger partial charge in [-0.1, -0.05) is 26.7 Å². The van der Waals surface area contributed by atoms with E-state index in [4.69, 9.17) is 14.9 Å². The molecule has 2 aliphatic rings. The summed E-state index contributed by atoms with van der Waals surface area (Å²) in [6, 6.07) is 6.18. The van der Waals surface area contributed by atoms with E-state index in [2.05, 4.69) is 6.07 Å². The van der Waals surface area contributed by atoms with Crippen LogP contribution in [0.15, 0.2) is 0 Å². The van der Waals surface area contributed by atoms with Crippen molar-refractivity contribution in [3.63, 3.8) is 0 Å². The molecule has 6 nitrogen and oxygen atoms in total. The lowest BCUT2D eigenvalue weighted by Gasteiger charge is -2.48. The predicted octanol–water partition coefficient (Wildman–Crippen LogP) is 2.87. The highest BCUT2D eigenvalue weighted by Crippen LogP contribution is 2.64. The Balaban J connectivity index is 2.74. The minimum atomic E-state index is -1.72. The average Bonchev–Trinajstić information content (AvgIpc) is 2.66. The summed E-state index contributed by atoms with van der Waals surface area (Å²) in [5, 5.41) is 37.7. The van der Waals surface area contributed by atoms with E-state index in [-0.39, 0.29) is 5.90 Å². The molecule has 2 aliphatic heterocycles. The van der Waals surface area contributed by atoms with Crippen molar-refractivity contribution in [2.24, 2.45) is 16.7 Å². The number of hydrogen-bond donors (Lipinski definition) is 1. The van der Waals surface area contributed by atoms with Crippen LogP contribution in [0.2, 0.25) is 0 Å². The van der Waals surface area contributed by atoms with Crippen LogP contribution in [0.3, 0.4) is 0 Å². The van der Waals surface area contributed by atoms with Gasteiger partial charge in [0.15, 0.2) is 10.8 Å². The molecule has 0 spiro atoms. The maximum Gasteiger partial charge on any atom is 0.214 e. The van der Waals surface area contributed by atoms with Crippen molar-refractivity contribution in [1.82, 2.24) is 0 Å². The summed E-state index contributed by atoms with van der Waals surface area (Å²) < 4.78 is 11.6. The van der Waals surface area contributed by atoms with E-state index >= 15 is 0 Å². The van der Waals surface area contributed by atoms with Crippen LogP contribution >= 0.6 is 0 Å². The van der Waals surface area contributed by atoms with Gasteiger partial charge < -0.3 is 9.47 Å². The van der Waals surface area contributed by atoms with Gasteiger partial charge in [-0.05, 0) is 12.8 Å². The molecular weight excluding hydrogens is 280 g/mol. The third-order valence-electron chi connectivity index (χ3n) is 4.96. The van der Waals surface area contributed by atoms with Crippen molar-refractivity contribution in [3.05, 3.63) is 0 Å². The van der Waals surface area contributed by atoms with Crippen LogP contribution in [0.25, 0.3) is 0 Å². The standard InChI is InChI=1S/C16H20N4O2/c1-4-6-11-14(3)21-12(7-5-2)15(8-17,9-18)16(11,10-19)13(20)22-14/h11-12,20H,4-7H2,1-3H3. The topological polar surface area (TPSA) is 114 Å². The fraction of sp³-hybridized carbons (Fsp3) is 0.750. The van der Waals surface area contributed by atoms with Crippen LogP contribution in [-0.2, 0) is 9.47 Å². The Hall–Kier alpha value is -2.10. The summed E-state index contributed by atoms with van der Waals surface area (Å²) >= 11 is 0. The van der Waals surface area contributed by atoms with Crippen LogP contribution in [-0.4, -0.2) is 17.8 Å². The van der Waals surface area contributed by atoms with E-state index in [1.807, 2.05) is 26.0 Å². The first-order chi connectivity index (χ1) is 10.4. The Morgan fingerprint density at radius 3 is 2.14 bits per heavy atom. The van der Waals surface area contributed by atoms with E-state index in [1.54, 1.807) is 6.92 Å². The van der Waals surface area contributed by atoms with E-state index in [0.717, 1.165) is 6.42 Å². The highest BCUT2D eigenvalue weighted by Gasteiger charge is 2.78. The quantitative estimate of drug-likeness (QED) is 0.857. The van der Waals surface area contributed by atoms with E-state index < -0.39 is 28.6 Å². The number of hydrogen-bond acceptors (Lipinski definition) is 6. The molecule has 0 aliphatic carbocycles. The molecule has 2 saturated heterocycles. The SMILES string of the molecule is CCCC1OC2(C)OC(=N)C(C#N)(C2CCC)C1(C#N)C#N. The molecular formula is C16H20N4O2. The van der Waals surface area contributed by atoms with E-state index in [1.165, 1.54) is 0 Å². The van der Waals surface area contributed by atoms with Crippen LogP contribution in [0.1, 0.15) is 46.5 Å². The second-order valence-corrected chi connectivity index (χ2v) is 6.14. The number of nitrogens with one attached hydrogen (secondary N) is 1. The molecule has 0 saturated carbocycles. The van der Waals surface area contributed by atoms with Crippen molar-refractivity contribution in [2.45, 2.75) is 58.3 Å². The lowest BCUT2D eigenvalue weighted by molar-refractivity contribution is -0.271. The summed E-state index contributed by atoms with van der Waals surface area (Å²) in [7, 11) is 0. The monoisotopic (exact) mass is 300 g/mol. The zero-order chi connectivity index (χ0) is 16.6. The van der Waals surface area contributed by atoms with Crippen molar-refractivity contribution in [1.29, 1.82) is 21.2 Å². The maximum absolute atomic E-state index is 9.91. The fourth-order valence-corrected chi connectivity index (χ4v) is 3.96. The molecule has 4 atom stereocenters. The molecule has 2 heterocycles. The molecule has 0 aromatic carbocycles. The average molecular weight is 300 g/mol. The number of fused-ring (bicyclic) bond motifs is 2. The van der Waals surface area contributed by atoms with Crippen molar-refractivity contribution >= 4 is 5.90 Å². The number of nitriles is 3. The molecule has 116 valence electrons. The van der Waals surface area contributed by atoms with Crippen molar-refractivity contribution in [3.8, 4) is 18.2 Å². The van der Waals surface area contributed by atoms with Crippen LogP contribution in [0.4, 0.5) is 0 Å². The molecule has 2 fully saturated rings. The number of ether oxygens (including phenoxy) is 2. The van der Waals surface area contributed by atoms with Gasteiger partial charge in [0.05, 0.1) is 30.2 Å². The molecule has 6 heteroatoms. The normalized spacial score (nSPS) is 38.5. The van der Waals surface area contributed by atoms with Crippen molar-refractivity contribution < 1.29 is 9.47 Å². The minimum absolute atomic E-state index is 0.308. The Morgan fingerprint density at radius 1 is 1.09 bits per heavy atom. The van der Waals surface area contributed by atoms with Crippen molar-refractivity contribution in [2.75, 3.05) is 0 Å². The molecule has 1 N–H and O–H groups in total. The first-order valence-corrected chi connectivity index (χ1v) is 7.62. The third-order valence-corrected chi connectivity index (χ3v) is 4.96. The summed E-state index contributed by atoms with van der Waals surface area (Å²) in [4.78, 5) is 0. The number of nitrogens with zero attached hydrogens (tertiary/aromatic N) is 3. The lowest BCUT2D eigenvalue weighted by atomic mass is 9.53. The second-order valence-electron chi connectivity index (χ2n) is 6.14. The Labute approximate surface area is 130 Å². The van der Waals surface area contributed by atoms with Crippen LogP contribution in [0, 0.1) is 56.2 Å². The first-order valence-electron chi connectivity index (χ1n) is 7.62. The van der Waals surface area contributed by atoms with Gasteiger partial charge in [0.1, 0.15) is 0 Å². The van der Waals surface area contributed by atoms with Gasteiger partial charge in [-0.3, -0.25) is 5.41 Å². The smallest absolute Gasteiger partial charge is 0.214 e. The highest BCUT2D eigenvalue weighted by atomic mass is 16.7. The summed E-state index contributed by atoms with van der Waals surface area (Å²) in [5.74, 6) is -1.94. The largest absolute Gasteiger partial charge is 0.448 e. The van der Waals surface area contributed by atoms with Gasteiger partial charge in [0.25, 0.3) is 0 Å². The summed E-state index contributed by atoms with van der Waals surface area (Å²) in [6.07, 6.45) is 1.73. The molecule has 2 rings (SSSR count). The van der Waals surface area contributed by atoms with Crippen LogP contribution < -0.4 is 0 Å². The van der Waals surface area contributed by atoms with Gasteiger partial charge in [-0.15, -0.1) is 0 Å². The molecule has 4 unspecified atom stereocenters. The third kappa shape index (κ3) is 1.64. The highest BCUT2D eigenvalue weighted by molar-refractivity contribution is 5.89. The lowest BCUT2D eigenvalue weighted by Crippen LogP contribution is -2.61. The Bertz CT molecular complexity index is 597. The molecule has 22 heavy (non-hydrogen) atoms. The Kier molecular flexibility index (Phi) is 3.90. The zero-order valence-corrected chi connectivity index (χ0v) is 13.1. The first kappa shape index (κ1) is 16.3. The summed E-state index contributed by atoms with van der Waals surface area (Å²) in [6.45, 7) is 5.59.